The lowest BCUT2D eigenvalue weighted by atomic mass is 10.0. The van der Waals surface area contributed by atoms with E-state index in [1.807, 2.05) is 58.0 Å². The van der Waals surface area contributed by atoms with E-state index in [1.54, 1.807) is 42.5 Å². The molecular formula is C36H40FN3O5S. The largest absolute Gasteiger partial charge is 0.497 e. The van der Waals surface area contributed by atoms with E-state index in [2.05, 4.69) is 5.32 Å². The van der Waals surface area contributed by atoms with E-state index < -0.39 is 45.8 Å². The van der Waals surface area contributed by atoms with Crippen LogP contribution in [0.25, 0.3) is 0 Å². The fraction of sp³-hybridized carbons (Fsp3) is 0.278. The van der Waals surface area contributed by atoms with E-state index in [1.165, 1.54) is 42.3 Å². The van der Waals surface area contributed by atoms with Crippen molar-refractivity contribution in [1.82, 2.24) is 10.2 Å². The smallest absolute Gasteiger partial charge is 0.264 e. The molecule has 46 heavy (non-hydrogen) atoms. The number of nitrogens with one attached hydrogen (secondary N) is 1. The summed E-state index contributed by atoms with van der Waals surface area (Å²) in [5.41, 5.74) is 1.87. The minimum absolute atomic E-state index is 0.00474. The Morgan fingerprint density at radius 3 is 2.13 bits per heavy atom. The lowest BCUT2D eigenvalue weighted by molar-refractivity contribution is -0.140. The minimum Gasteiger partial charge on any atom is -0.497 e. The summed E-state index contributed by atoms with van der Waals surface area (Å²) in [6, 6.07) is 26.7. The zero-order valence-corrected chi connectivity index (χ0v) is 27.6. The first-order chi connectivity index (χ1) is 21.8. The number of benzene rings is 4. The molecule has 0 aliphatic heterocycles. The maximum Gasteiger partial charge on any atom is 0.264 e. The molecule has 4 aromatic carbocycles. The third kappa shape index (κ3) is 8.94. The molecular weight excluding hydrogens is 605 g/mol. The molecule has 1 unspecified atom stereocenters. The first kappa shape index (κ1) is 34.2. The number of ether oxygens (including phenoxy) is 1. The normalized spacial score (nSPS) is 12.2. The summed E-state index contributed by atoms with van der Waals surface area (Å²) in [5, 5.41) is 2.99. The molecule has 0 radical (unpaired) electrons. The van der Waals surface area contributed by atoms with Crippen molar-refractivity contribution in [3.8, 4) is 5.75 Å². The molecule has 0 aromatic heterocycles. The number of hydrogen-bond donors (Lipinski definition) is 1. The number of nitrogens with zero attached hydrogens (tertiary/aromatic N) is 2. The molecule has 0 bridgehead atoms. The number of methoxy groups -OCH3 is 1. The molecule has 0 saturated carbocycles. The monoisotopic (exact) mass is 645 g/mol. The van der Waals surface area contributed by atoms with Gasteiger partial charge in [-0.05, 0) is 75.2 Å². The van der Waals surface area contributed by atoms with Crippen molar-refractivity contribution >= 4 is 27.5 Å². The topological polar surface area (TPSA) is 96.0 Å². The number of halogens is 1. The number of anilines is 1. The van der Waals surface area contributed by atoms with Gasteiger partial charge >= 0.3 is 0 Å². The summed E-state index contributed by atoms with van der Waals surface area (Å²) >= 11 is 0. The van der Waals surface area contributed by atoms with Crippen molar-refractivity contribution in [1.29, 1.82) is 0 Å². The average molecular weight is 646 g/mol. The van der Waals surface area contributed by atoms with Gasteiger partial charge in [-0.3, -0.25) is 13.9 Å². The summed E-state index contributed by atoms with van der Waals surface area (Å²) in [7, 11) is -2.79. The van der Waals surface area contributed by atoms with E-state index in [0.29, 0.717) is 11.3 Å². The number of carbonyl (C=O) groups excluding carboxylic acids is 2. The zero-order chi connectivity index (χ0) is 33.5. The quantitative estimate of drug-likeness (QED) is 0.207. The summed E-state index contributed by atoms with van der Waals surface area (Å²) in [6.07, 6.45) is 0.166. The van der Waals surface area contributed by atoms with Gasteiger partial charge in [-0.25, -0.2) is 12.8 Å². The van der Waals surface area contributed by atoms with Crippen LogP contribution in [0.4, 0.5) is 10.1 Å². The van der Waals surface area contributed by atoms with Crippen LogP contribution >= 0.6 is 0 Å². The second kappa shape index (κ2) is 14.6. The summed E-state index contributed by atoms with van der Waals surface area (Å²) in [6.45, 7) is 6.70. The molecule has 1 atom stereocenters. The summed E-state index contributed by atoms with van der Waals surface area (Å²) in [4.78, 5) is 29.8. The molecule has 2 amide bonds. The summed E-state index contributed by atoms with van der Waals surface area (Å²) in [5.74, 6) is -1.06. The van der Waals surface area contributed by atoms with Crippen molar-refractivity contribution in [2.24, 2.45) is 0 Å². The van der Waals surface area contributed by atoms with Crippen molar-refractivity contribution in [3.63, 3.8) is 0 Å². The fourth-order valence-electron chi connectivity index (χ4n) is 4.93. The molecule has 4 rings (SSSR count). The molecule has 0 saturated heterocycles. The number of aryl methyl sites for hydroxylation is 1. The molecule has 0 aliphatic rings. The fourth-order valence-corrected chi connectivity index (χ4v) is 6.33. The predicted octanol–water partition coefficient (Wildman–Crippen LogP) is 5.89. The van der Waals surface area contributed by atoms with E-state index >= 15 is 0 Å². The van der Waals surface area contributed by atoms with Crippen LogP contribution < -0.4 is 14.4 Å². The highest BCUT2D eigenvalue weighted by Crippen LogP contribution is 2.28. The van der Waals surface area contributed by atoms with E-state index in [9.17, 15) is 22.4 Å². The number of hydrogen-bond acceptors (Lipinski definition) is 5. The highest BCUT2D eigenvalue weighted by molar-refractivity contribution is 7.92. The second-order valence-corrected chi connectivity index (χ2v) is 14.0. The maximum atomic E-state index is 14.5. The minimum atomic E-state index is -4.26. The Balaban J connectivity index is 1.83. The molecule has 0 spiro atoms. The van der Waals surface area contributed by atoms with Crippen molar-refractivity contribution in [2.75, 3.05) is 18.0 Å². The third-order valence-electron chi connectivity index (χ3n) is 7.26. The SMILES string of the molecule is COc1cccc(N(CC(=O)N(Cc2ccc(F)cc2)C(Cc2ccccc2)C(=O)NC(C)(C)C)S(=O)(=O)c2ccc(C)cc2)c1. The van der Waals surface area contributed by atoms with Crippen molar-refractivity contribution in [3.05, 3.63) is 126 Å². The molecule has 1 N–H and O–H groups in total. The van der Waals surface area contributed by atoms with E-state index in [0.717, 1.165) is 15.4 Å². The van der Waals surface area contributed by atoms with E-state index in [4.69, 9.17) is 4.74 Å². The first-order valence-corrected chi connectivity index (χ1v) is 16.3. The van der Waals surface area contributed by atoms with Gasteiger partial charge in [0.15, 0.2) is 0 Å². The van der Waals surface area contributed by atoms with Gasteiger partial charge in [0, 0.05) is 24.6 Å². The lowest BCUT2D eigenvalue weighted by Gasteiger charge is -2.35. The van der Waals surface area contributed by atoms with Crippen LogP contribution in [0, 0.1) is 12.7 Å². The molecule has 10 heteroatoms. The van der Waals surface area contributed by atoms with Crippen LogP contribution in [0.5, 0.6) is 5.75 Å². The van der Waals surface area contributed by atoms with Gasteiger partial charge in [0.05, 0.1) is 17.7 Å². The zero-order valence-electron chi connectivity index (χ0n) is 26.7. The summed E-state index contributed by atoms with van der Waals surface area (Å²) < 4.78 is 48.6. The van der Waals surface area contributed by atoms with Gasteiger partial charge in [0.2, 0.25) is 11.8 Å². The van der Waals surface area contributed by atoms with Crippen LogP contribution in [0.1, 0.15) is 37.5 Å². The van der Waals surface area contributed by atoms with Crippen LogP contribution in [0.3, 0.4) is 0 Å². The Labute approximate surface area is 270 Å². The van der Waals surface area contributed by atoms with Crippen LogP contribution in [0.15, 0.2) is 108 Å². The number of amides is 2. The molecule has 8 nitrogen and oxygen atoms in total. The molecule has 0 aliphatic carbocycles. The highest BCUT2D eigenvalue weighted by Gasteiger charge is 2.35. The van der Waals surface area contributed by atoms with Gasteiger partial charge in [-0.15, -0.1) is 0 Å². The Morgan fingerprint density at radius 1 is 0.870 bits per heavy atom. The Bertz CT molecular complexity index is 1740. The van der Waals surface area contributed by atoms with E-state index in [-0.39, 0.29) is 23.5 Å². The maximum absolute atomic E-state index is 14.5. The third-order valence-corrected chi connectivity index (χ3v) is 9.05. The molecule has 0 heterocycles. The van der Waals surface area contributed by atoms with Crippen LogP contribution in [-0.2, 0) is 32.6 Å². The van der Waals surface area contributed by atoms with Crippen molar-refractivity contribution < 1.29 is 27.1 Å². The van der Waals surface area contributed by atoms with Gasteiger partial charge in [-0.1, -0.05) is 66.2 Å². The highest BCUT2D eigenvalue weighted by atomic mass is 32.2. The van der Waals surface area contributed by atoms with Gasteiger partial charge < -0.3 is 15.0 Å². The number of carbonyl (C=O) groups is 2. The molecule has 4 aromatic rings. The first-order valence-electron chi connectivity index (χ1n) is 14.9. The van der Waals surface area contributed by atoms with Crippen LogP contribution in [-0.4, -0.2) is 50.4 Å². The predicted molar refractivity (Wildman–Crippen MR) is 177 cm³/mol. The number of rotatable bonds is 12. The Hall–Kier alpha value is -4.70. The van der Waals surface area contributed by atoms with Gasteiger partial charge in [0.25, 0.3) is 10.0 Å². The van der Waals surface area contributed by atoms with Crippen LogP contribution in [0.2, 0.25) is 0 Å². The van der Waals surface area contributed by atoms with Gasteiger partial charge in [0.1, 0.15) is 24.2 Å². The standard InChI is InChI=1S/C36H40FN3O5S/c1-26-14-20-32(21-15-26)46(43,44)40(30-12-9-13-31(23-30)45-5)25-34(41)39(24-28-16-18-29(37)19-17-28)33(35(42)38-36(2,3)4)22-27-10-7-6-8-11-27/h6-21,23,33H,22,24-25H2,1-5H3,(H,38,42). The second-order valence-electron chi connectivity index (χ2n) is 12.1. The Morgan fingerprint density at radius 2 is 1.52 bits per heavy atom. The van der Waals surface area contributed by atoms with Gasteiger partial charge in [-0.2, -0.15) is 0 Å². The number of sulfonamides is 1. The lowest BCUT2D eigenvalue weighted by Crippen LogP contribution is -2.56. The Kier molecular flexibility index (Phi) is 10.8. The van der Waals surface area contributed by atoms with Crippen molar-refractivity contribution in [2.45, 2.75) is 57.1 Å². The average Bonchev–Trinajstić information content (AvgIpc) is 3.02. The molecule has 242 valence electrons. The molecule has 0 fully saturated rings.